The van der Waals surface area contributed by atoms with Crippen LogP contribution in [0.25, 0.3) is 33.1 Å². The number of aromatic amines is 1. The molecule has 0 spiro atoms. The van der Waals surface area contributed by atoms with Crippen LogP contribution in [0.2, 0.25) is 0 Å². The van der Waals surface area contributed by atoms with Gasteiger partial charge in [-0.05, 0) is 30.3 Å². The molecule has 2 aromatic carbocycles. The van der Waals surface area contributed by atoms with Crippen LogP contribution < -0.4 is 0 Å². The first kappa shape index (κ1) is 13.5. The van der Waals surface area contributed by atoms with Crippen molar-refractivity contribution in [3.05, 3.63) is 66.1 Å². The number of fused-ring (bicyclic) bond motifs is 2. The van der Waals surface area contributed by atoms with Crippen LogP contribution >= 0.6 is 0 Å². The number of carboxylic acids is 1. The van der Waals surface area contributed by atoms with Crippen LogP contribution in [-0.4, -0.2) is 21.0 Å². The highest BCUT2D eigenvalue weighted by molar-refractivity contribution is 6.05. The van der Waals surface area contributed by atoms with Crippen LogP contribution in [0, 0.1) is 5.82 Å². The number of hydrogen-bond acceptors (Lipinski definition) is 2. The minimum absolute atomic E-state index is 0.196. The van der Waals surface area contributed by atoms with Gasteiger partial charge in [0.2, 0.25) is 0 Å². The van der Waals surface area contributed by atoms with Crippen LogP contribution in [0.3, 0.4) is 0 Å². The highest BCUT2D eigenvalue weighted by atomic mass is 19.1. The van der Waals surface area contributed by atoms with Gasteiger partial charge < -0.3 is 10.1 Å². The molecule has 0 amide bonds. The number of aromatic carboxylic acids is 1. The summed E-state index contributed by atoms with van der Waals surface area (Å²) < 4.78 is 13.3. The molecule has 112 valence electrons. The predicted octanol–water partition coefficient (Wildman–Crippen LogP) is 4.22. The maximum absolute atomic E-state index is 13.3. The highest BCUT2D eigenvalue weighted by Crippen LogP contribution is 2.30. The van der Waals surface area contributed by atoms with Crippen molar-refractivity contribution in [2.45, 2.75) is 0 Å². The van der Waals surface area contributed by atoms with Gasteiger partial charge in [0.25, 0.3) is 0 Å². The van der Waals surface area contributed by atoms with Crippen molar-refractivity contribution in [1.29, 1.82) is 0 Å². The third-order valence-electron chi connectivity index (χ3n) is 3.87. The lowest BCUT2D eigenvalue weighted by Crippen LogP contribution is -2.00. The van der Waals surface area contributed by atoms with Gasteiger partial charge in [-0.25, -0.2) is 14.2 Å². The van der Waals surface area contributed by atoms with E-state index in [2.05, 4.69) is 9.97 Å². The number of carboxylic acid groups (broad SMARTS) is 1. The quantitative estimate of drug-likeness (QED) is 0.582. The summed E-state index contributed by atoms with van der Waals surface area (Å²) in [6, 6.07) is 13.1. The van der Waals surface area contributed by atoms with E-state index in [0.29, 0.717) is 22.1 Å². The lowest BCUT2D eigenvalue weighted by Gasteiger charge is -2.06. The van der Waals surface area contributed by atoms with E-state index in [1.165, 1.54) is 12.1 Å². The number of pyridine rings is 1. The van der Waals surface area contributed by atoms with Crippen molar-refractivity contribution in [2.75, 3.05) is 0 Å². The molecule has 0 fully saturated rings. The Bertz CT molecular complexity index is 1070. The molecule has 0 radical (unpaired) electrons. The van der Waals surface area contributed by atoms with Crippen molar-refractivity contribution in [1.82, 2.24) is 9.97 Å². The molecule has 0 aliphatic rings. The van der Waals surface area contributed by atoms with Gasteiger partial charge in [0.1, 0.15) is 5.82 Å². The van der Waals surface area contributed by atoms with E-state index in [4.69, 9.17) is 0 Å². The van der Waals surface area contributed by atoms with E-state index in [-0.39, 0.29) is 11.4 Å². The average molecular weight is 306 g/mol. The summed E-state index contributed by atoms with van der Waals surface area (Å²) in [7, 11) is 0. The highest BCUT2D eigenvalue weighted by Gasteiger charge is 2.15. The molecule has 4 aromatic rings. The molecule has 4 rings (SSSR count). The fraction of sp³-hybridized carbons (Fsp3) is 0. The number of H-pyrrole nitrogens is 1. The number of carbonyl (C=O) groups is 1. The monoisotopic (exact) mass is 306 g/mol. The Labute approximate surface area is 130 Å². The third-order valence-corrected chi connectivity index (χ3v) is 3.87. The standard InChI is InChI=1S/C18H11FN2O2/c19-10-5-6-12-14(9-20-16(12)7-10)17-8-13(18(22)23)11-3-1-2-4-15(11)21-17/h1-9,20H,(H,22,23). The summed E-state index contributed by atoms with van der Waals surface area (Å²) >= 11 is 0. The lowest BCUT2D eigenvalue weighted by molar-refractivity contribution is 0.0699. The molecule has 0 aliphatic heterocycles. The van der Waals surface area contributed by atoms with Gasteiger partial charge in [-0.3, -0.25) is 0 Å². The second kappa shape index (κ2) is 4.91. The number of para-hydroxylation sites is 1. The number of hydrogen-bond donors (Lipinski definition) is 2. The van der Waals surface area contributed by atoms with Gasteiger partial charge in [-0.1, -0.05) is 18.2 Å². The molecule has 2 heterocycles. The Hall–Kier alpha value is -3.21. The molecule has 0 atom stereocenters. The van der Waals surface area contributed by atoms with Crippen LogP contribution in [-0.2, 0) is 0 Å². The Balaban J connectivity index is 2.03. The normalized spacial score (nSPS) is 11.2. The summed E-state index contributed by atoms with van der Waals surface area (Å²) in [5.41, 5.74) is 2.74. The van der Waals surface area contributed by atoms with Gasteiger partial charge in [0.15, 0.2) is 0 Å². The Morgan fingerprint density at radius 2 is 1.91 bits per heavy atom. The number of nitrogens with one attached hydrogen (secondary N) is 1. The Kier molecular flexibility index (Phi) is 2.87. The Morgan fingerprint density at radius 1 is 1.09 bits per heavy atom. The second-order valence-electron chi connectivity index (χ2n) is 5.27. The minimum Gasteiger partial charge on any atom is -0.478 e. The molecular weight excluding hydrogens is 295 g/mol. The summed E-state index contributed by atoms with van der Waals surface area (Å²) in [6.07, 6.45) is 1.72. The average Bonchev–Trinajstić information content (AvgIpc) is 2.96. The zero-order valence-electron chi connectivity index (χ0n) is 11.9. The lowest BCUT2D eigenvalue weighted by atomic mass is 10.0. The molecule has 2 N–H and O–H groups in total. The van der Waals surface area contributed by atoms with E-state index in [0.717, 1.165) is 10.9 Å². The topological polar surface area (TPSA) is 66.0 Å². The predicted molar refractivity (Wildman–Crippen MR) is 86.0 cm³/mol. The molecule has 2 aromatic heterocycles. The van der Waals surface area contributed by atoms with Crippen molar-refractivity contribution in [3.63, 3.8) is 0 Å². The van der Waals surface area contributed by atoms with Crippen molar-refractivity contribution in [2.24, 2.45) is 0 Å². The van der Waals surface area contributed by atoms with E-state index < -0.39 is 5.97 Å². The largest absolute Gasteiger partial charge is 0.478 e. The summed E-state index contributed by atoms with van der Waals surface area (Å²) in [6.45, 7) is 0. The molecule has 0 aliphatic carbocycles. The maximum atomic E-state index is 13.3. The van der Waals surface area contributed by atoms with Crippen LogP contribution in [0.15, 0.2) is 54.7 Å². The first-order chi connectivity index (χ1) is 11.1. The summed E-state index contributed by atoms with van der Waals surface area (Å²) in [5, 5.41) is 10.9. The molecule has 23 heavy (non-hydrogen) atoms. The maximum Gasteiger partial charge on any atom is 0.336 e. The molecule has 0 saturated heterocycles. The van der Waals surface area contributed by atoms with Gasteiger partial charge >= 0.3 is 5.97 Å². The Morgan fingerprint density at radius 3 is 2.74 bits per heavy atom. The third kappa shape index (κ3) is 2.14. The second-order valence-corrected chi connectivity index (χ2v) is 5.27. The molecule has 4 nitrogen and oxygen atoms in total. The first-order valence-corrected chi connectivity index (χ1v) is 7.03. The molecule has 0 bridgehead atoms. The molecular formula is C18H11FN2O2. The van der Waals surface area contributed by atoms with Crippen LogP contribution in [0.5, 0.6) is 0 Å². The van der Waals surface area contributed by atoms with Crippen molar-refractivity contribution in [3.8, 4) is 11.3 Å². The van der Waals surface area contributed by atoms with Gasteiger partial charge in [0, 0.05) is 28.0 Å². The number of rotatable bonds is 2. The number of benzene rings is 2. The smallest absolute Gasteiger partial charge is 0.336 e. The van der Waals surface area contributed by atoms with E-state index in [1.54, 1.807) is 36.5 Å². The van der Waals surface area contributed by atoms with Crippen molar-refractivity contribution >= 4 is 27.8 Å². The summed E-state index contributed by atoms with van der Waals surface area (Å²) in [4.78, 5) is 19.1. The van der Waals surface area contributed by atoms with Gasteiger partial charge in [-0.2, -0.15) is 0 Å². The van der Waals surface area contributed by atoms with Crippen LogP contribution in [0.4, 0.5) is 4.39 Å². The summed E-state index contributed by atoms with van der Waals surface area (Å²) in [5.74, 6) is -1.33. The number of halogens is 1. The molecule has 5 heteroatoms. The van der Waals surface area contributed by atoms with E-state index >= 15 is 0 Å². The zero-order chi connectivity index (χ0) is 16.0. The number of nitrogens with zero attached hydrogens (tertiary/aromatic N) is 1. The van der Waals surface area contributed by atoms with Crippen molar-refractivity contribution < 1.29 is 14.3 Å². The first-order valence-electron chi connectivity index (χ1n) is 7.03. The van der Waals surface area contributed by atoms with E-state index in [9.17, 15) is 14.3 Å². The van der Waals surface area contributed by atoms with Crippen LogP contribution in [0.1, 0.15) is 10.4 Å². The van der Waals surface area contributed by atoms with Gasteiger partial charge in [-0.15, -0.1) is 0 Å². The molecule has 0 unspecified atom stereocenters. The van der Waals surface area contributed by atoms with E-state index in [1.807, 2.05) is 6.07 Å². The molecule has 0 saturated carbocycles. The fourth-order valence-electron chi connectivity index (χ4n) is 2.80. The fourth-order valence-corrected chi connectivity index (χ4v) is 2.80. The minimum atomic E-state index is -1.00. The van der Waals surface area contributed by atoms with Gasteiger partial charge in [0.05, 0.1) is 16.8 Å². The number of aromatic nitrogens is 2. The SMILES string of the molecule is O=C(O)c1cc(-c2c[nH]c3cc(F)ccc23)nc2ccccc12. The zero-order valence-corrected chi connectivity index (χ0v) is 11.9.